The Morgan fingerprint density at radius 2 is 2.03 bits per heavy atom. The van der Waals surface area contributed by atoms with Gasteiger partial charge in [0.05, 0.1) is 35.3 Å². The molecule has 4 rings (SSSR count). The highest BCUT2D eigenvalue weighted by atomic mass is 16.5. The largest absolute Gasteiger partial charge is 0.381 e. The monoisotopic (exact) mass is 451 g/mol. The number of carbonyl (C=O) groups excluding carboxylic acids is 1. The molecule has 1 fully saturated rings. The van der Waals surface area contributed by atoms with Crippen LogP contribution in [0.25, 0.3) is 11.0 Å². The summed E-state index contributed by atoms with van der Waals surface area (Å²) in [4.78, 5) is 26.0. The van der Waals surface area contributed by atoms with Crippen LogP contribution in [-0.4, -0.2) is 49.4 Å². The van der Waals surface area contributed by atoms with E-state index in [0.29, 0.717) is 12.2 Å². The molecule has 1 aliphatic rings. The van der Waals surface area contributed by atoms with Crippen LogP contribution in [0.2, 0.25) is 0 Å². The van der Waals surface area contributed by atoms with Gasteiger partial charge in [0.1, 0.15) is 5.69 Å². The third-order valence-electron chi connectivity index (χ3n) is 6.18. The third kappa shape index (κ3) is 5.13. The Hall–Kier alpha value is -3.07. The lowest BCUT2D eigenvalue weighted by Crippen LogP contribution is -2.27. The van der Waals surface area contributed by atoms with Crippen LogP contribution in [-0.2, 0) is 24.2 Å². The van der Waals surface area contributed by atoms with Crippen molar-refractivity contribution in [2.24, 2.45) is 0 Å². The molecule has 2 unspecified atom stereocenters. The van der Waals surface area contributed by atoms with Crippen molar-refractivity contribution in [3.8, 4) is 0 Å². The summed E-state index contributed by atoms with van der Waals surface area (Å²) in [6, 6.07) is 0.285. The number of amides is 1. The normalized spacial score (nSPS) is 18.8. The SMILES string of the molecule is CCc1nc2c(cnn2CC)c(NC2CCOC(C)CC2)c1CNC(=O)c1cnc(C)cn1. The predicted molar refractivity (Wildman–Crippen MR) is 127 cm³/mol. The number of hydrogen-bond acceptors (Lipinski definition) is 7. The summed E-state index contributed by atoms with van der Waals surface area (Å²) in [5.74, 6) is -0.253. The smallest absolute Gasteiger partial charge is 0.271 e. The van der Waals surface area contributed by atoms with Gasteiger partial charge in [-0.25, -0.2) is 14.6 Å². The maximum absolute atomic E-state index is 12.7. The molecular formula is C24H33N7O2. The van der Waals surface area contributed by atoms with E-state index in [9.17, 15) is 4.79 Å². The van der Waals surface area contributed by atoms with Crippen LogP contribution in [0.15, 0.2) is 18.6 Å². The number of pyridine rings is 1. The van der Waals surface area contributed by atoms with E-state index in [1.807, 2.05) is 17.8 Å². The average molecular weight is 452 g/mol. The number of anilines is 1. The number of fused-ring (bicyclic) bond motifs is 1. The van der Waals surface area contributed by atoms with E-state index in [1.165, 1.54) is 6.20 Å². The van der Waals surface area contributed by atoms with Gasteiger partial charge in [0.15, 0.2) is 5.65 Å². The Labute approximate surface area is 194 Å². The summed E-state index contributed by atoms with van der Waals surface area (Å²) in [7, 11) is 0. The Balaban J connectivity index is 1.67. The van der Waals surface area contributed by atoms with Crippen molar-refractivity contribution in [2.45, 2.75) is 78.6 Å². The molecule has 0 aromatic carbocycles. The minimum absolute atomic E-state index is 0.253. The summed E-state index contributed by atoms with van der Waals surface area (Å²) >= 11 is 0. The number of ether oxygens (including phenoxy) is 1. The predicted octanol–water partition coefficient (Wildman–Crippen LogP) is 3.41. The summed E-state index contributed by atoms with van der Waals surface area (Å²) < 4.78 is 7.77. The molecule has 0 spiro atoms. The van der Waals surface area contributed by atoms with E-state index in [2.05, 4.69) is 46.5 Å². The van der Waals surface area contributed by atoms with Crippen molar-refractivity contribution < 1.29 is 9.53 Å². The zero-order chi connectivity index (χ0) is 23.4. The molecule has 0 bridgehead atoms. The van der Waals surface area contributed by atoms with Crippen molar-refractivity contribution in [2.75, 3.05) is 11.9 Å². The number of rotatable bonds is 7. The molecule has 1 saturated heterocycles. The summed E-state index contributed by atoms with van der Waals surface area (Å²) in [5, 5.41) is 12.3. The van der Waals surface area contributed by atoms with E-state index in [1.54, 1.807) is 6.20 Å². The van der Waals surface area contributed by atoms with Crippen LogP contribution in [0.1, 0.15) is 67.5 Å². The van der Waals surface area contributed by atoms with E-state index >= 15 is 0 Å². The van der Waals surface area contributed by atoms with Crippen molar-refractivity contribution in [1.29, 1.82) is 0 Å². The van der Waals surface area contributed by atoms with Gasteiger partial charge in [0, 0.05) is 43.2 Å². The van der Waals surface area contributed by atoms with Gasteiger partial charge in [0.2, 0.25) is 0 Å². The lowest BCUT2D eigenvalue weighted by Gasteiger charge is -2.22. The van der Waals surface area contributed by atoms with Crippen LogP contribution >= 0.6 is 0 Å². The molecular weight excluding hydrogens is 418 g/mol. The molecule has 0 radical (unpaired) electrons. The highest BCUT2D eigenvalue weighted by molar-refractivity contribution is 5.94. The molecule has 2 atom stereocenters. The van der Waals surface area contributed by atoms with Gasteiger partial charge >= 0.3 is 0 Å². The fraction of sp³-hybridized carbons (Fsp3) is 0.542. The standard InChI is InChI=1S/C24H33N7O2/c1-5-20-18(12-27-24(32)21-14-25-15(3)11-26-21)22(19-13-28-31(6-2)23(19)30-20)29-17-8-7-16(4)33-10-9-17/h11,13-14,16-17H,5-10,12H2,1-4H3,(H,27,32)(H,29,30). The molecule has 3 aromatic heterocycles. The zero-order valence-corrected chi connectivity index (χ0v) is 19.9. The zero-order valence-electron chi connectivity index (χ0n) is 19.9. The second kappa shape index (κ2) is 10.2. The Bertz CT molecular complexity index is 1110. The molecule has 9 nitrogen and oxygen atoms in total. The molecule has 1 amide bonds. The number of aryl methyl sites for hydroxylation is 3. The maximum atomic E-state index is 12.7. The highest BCUT2D eigenvalue weighted by Crippen LogP contribution is 2.31. The average Bonchev–Trinajstić information content (AvgIpc) is 3.13. The second-order valence-corrected chi connectivity index (χ2v) is 8.58. The van der Waals surface area contributed by atoms with Gasteiger partial charge in [-0.3, -0.25) is 9.78 Å². The molecule has 176 valence electrons. The summed E-state index contributed by atoms with van der Waals surface area (Å²) in [6.45, 7) is 9.95. The van der Waals surface area contributed by atoms with Gasteiger partial charge in [-0.1, -0.05) is 6.92 Å². The molecule has 33 heavy (non-hydrogen) atoms. The van der Waals surface area contributed by atoms with Crippen molar-refractivity contribution in [1.82, 2.24) is 30.0 Å². The Kier molecular flexibility index (Phi) is 7.17. The van der Waals surface area contributed by atoms with E-state index < -0.39 is 0 Å². The van der Waals surface area contributed by atoms with Crippen LogP contribution in [0.4, 0.5) is 5.69 Å². The molecule has 1 aliphatic heterocycles. The Morgan fingerprint density at radius 1 is 1.18 bits per heavy atom. The first-order chi connectivity index (χ1) is 16.0. The molecule has 9 heteroatoms. The van der Waals surface area contributed by atoms with E-state index in [4.69, 9.17) is 9.72 Å². The summed E-state index contributed by atoms with van der Waals surface area (Å²) in [6.07, 6.45) is 8.98. The van der Waals surface area contributed by atoms with Gasteiger partial charge in [0.25, 0.3) is 5.91 Å². The second-order valence-electron chi connectivity index (χ2n) is 8.58. The summed E-state index contributed by atoms with van der Waals surface area (Å²) in [5.41, 5.74) is 4.90. The first-order valence-corrected chi connectivity index (χ1v) is 11.8. The fourth-order valence-electron chi connectivity index (χ4n) is 4.25. The molecule has 3 aromatic rings. The van der Waals surface area contributed by atoms with Crippen LogP contribution < -0.4 is 10.6 Å². The minimum Gasteiger partial charge on any atom is -0.381 e. The van der Waals surface area contributed by atoms with E-state index in [0.717, 1.165) is 72.5 Å². The van der Waals surface area contributed by atoms with Gasteiger partial charge in [-0.2, -0.15) is 5.10 Å². The number of aromatic nitrogens is 5. The van der Waals surface area contributed by atoms with Crippen molar-refractivity contribution in [3.05, 3.63) is 41.2 Å². The van der Waals surface area contributed by atoms with E-state index in [-0.39, 0.29) is 18.1 Å². The van der Waals surface area contributed by atoms with Gasteiger partial charge in [-0.15, -0.1) is 0 Å². The third-order valence-corrected chi connectivity index (χ3v) is 6.18. The van der Waals surface area contributed by atoms with Crippen LogP contribution in [0.3, 0.4) is 0 Å². The molecule has 2 N–H and O–H groups in total. The molecule has 0 saturated carbocycles. The van der Waals surface area contributed by atoms with Gasteiger partial charge in [-0.05, 0) is 46.5 Å². The molecule has 0 aliphatic carbocycles. The highest BCUT2D eigenvalue weighted by Gasteiger charge is 2.23. The number of nitrogens with zero attached hydrogens (tertiary/aromatic N) is 5. The molecule has 4 heterocycles. The number of hydrogen-bond donors (Lipinski definition) is 2. The van der Waals surface area contributed by atoms with Crippen molar-refractivity contribution >= 4 is 22.6 Å². The fourth-order valence-corrected chi connectivity index (χ4v) is 4.25. The topological polar surface area (TPSA) is 107 Å². The maximum Gasteiger partial charge on any atom is 0.271 e. The lowest BCUT2D eigenvalue weighted by atomic mass is 10.0. The van der Waals surface area contributed by atoms with Crippen LogP contribution in [0.5, 0.6) is 0 Å². The minimum atomic E-state index is -0.253. The van der Waals surface area contributed by atoms with Crippen LogP contribution in [0, 0.1) is 6.92 Å². The first-order valence-electron chi connectivity index (χ1n) is 11.8. The first kappa shape index (κ1) is 23.1. The quantitative estimate of drug-likeness (QED) is 0.567. The van der Waals surface area contributed by atoms with Crippen molar-refractivity contribution in [3.63, 3.8) is 0 Å². The number of carbonyl (C=O) groups is 1. The number of nitrogens with one attached hydrogen (secondary N) is 2. The lowest BCUT2D eigenvalue weighted by molar-refractivity contribution is 0.0720. The Morgan fingerprint density at radius 3 is 2.76 bits per heavy atom. The van der Waals surface area contributed by atoms with Gasteiger partial charge < -0.3 is 15.4 Å².